The summed E-state index contributed by atoms with van der Waals surface area (Å²) in [6.45, 7) is 11.4. The maximum Gasteiger partial charge on any atom is 0.227 e. The van der Waals surface area contributed by atoms with Crippen LogP contribution in [0.15, 0.2) is 23.2 Å². The highest BCUT2D eigenvalue weighted by Gasteiger charge is 2.43. The minimum absolute atomic E-state index is 0.00546. The van der Waals surface area contributed by atoms with E-state index in [-0.39, 0.29) is 11.6 Å². The van der Waals surface area contributed by atoms with E-state index in [1.54, 1.807) is 0 Å². The third-order valence-corrected chi connectivity index (χ3v) is 5.06. The molecule has 0 unspecified atom stereocenters. The van der Waals surface area contributed by atoms with E-state index in [9.17, 15) is 9.59 Å². The lowest BCUT2D eigenvalue weighted by molar-refractivity contribution is -0.117. The molecule has 0 aromatic rings. The van der Waals surface area contributed by atoms with Gasteiger partial charge in [-0.3, -0.25) is 9.59 Å². The zero-order valence-corrected chi connectivity index (χ0v) is 16.4. The van der Waals surface area contributed by atoms with Gasteiger partial charge in [-0.1, -0.05) is 12.2 Å². The predicted molar refractivity (Wildman–Crippen MR) is 104 cm³/mol. The molecule has 0 N–H and O–H groups in total. The van der Waals surface area contributed by atoms with Crippen molar-refractivity contribution >= 4 is 40.7 Å². The van der Waals surface area contributed by atoms with Gasteiger partial charge in [0.05, 0.1) is 5.70 Å². The fraction of sp³-hybridized carbons (Fsp3) is 0.588. The van der Waals surface area contributed by atoms with Crippen LogP contribution in [0.2, 0.25) is 0 Å². The molecule has 1 aliphatic carbocycles. The molecule has 0 bridgehead atoms. The van der Waals surface area contributed by atoms with E-state index < -0.39 is 0 Å². The molecular weight excluding hydrogens is 356 g/mol. The van der Waals surface area contributed by atoms with Crippen LogP contribution in [0.25, 0.3) is 0 Å². The van der Waals surface area contributed by atoms with E-state index in [0.29, 0.717) is 21.4 Å². The molecule has 3 saturated heterocycles. The Hall–Kier alpha value is -1.54. The first kappa shape index (κ1) is 18.3. The molecule has 0 radical (unpaired) electrons. The molecule has 8 heteroatoms. The SMILES string of the molecule is CCN(CC)C(=S)S.O=C1C=C(N2CC2)C(=O)C(N2CC2)=C1N1CC1. The maximum absolute atomic E-state index is 12.4. The minimum Gasteiger partial charge on any atom is -0.365 e. The van der Waals surface area contributed by atoms with Crippen LogP contribution < -0.4 is 0 Å². The molecule has 4 rings (SSSR count). The number of rotatable bonds is 5. The first-order valence-corrected chi connectivity index (χ1v) is 9.61. The summed E-state index contributed by atoms with van der Waals surface area (Å²) < 4.78 is 0.690. The number of hydrogen-bond acceptors (Lipinski definition) is 6. The molecule has 0 spiro atoms. The summed E-state index contributed by atoms with van der Waals surface area (Å²) in [7, 11) is 0. The third-order valence-electron chi connectivity index (χ3n) is 4.52. The number of carbonyl (C=O) groups excluding carboxylic acids is 2. The first-order chi connectivity index (χ1) is 12.0. The number of carbonyl (C=O) groups is 2. The third kappa shape index (κ3) is 4.17. The highest BCUT2D eigenvalue weighted by molar-refractivity contribution is 8.10. The molecule has 3 heterocycles. The van der Waals surface area contributed by atoms with Gasteiger partial charge in [0.25, 0.3) is 0 Å². The lowest BCUT2D eigenvalue weighted by atomic mass is 10.0. The quantitative estimate of drug-likeness (QED) is 0.326. The van der Waals surface area contributed by atoms with E-state index in [0.717, 1.165) is 52.4 Å². The molecule has 0 saturated carbocycles. The summed E-state index contributed by atoms with van der Waals surface area (Å²) >= 11 is 8.82. The Kier molecular flexibility index (Phi) is 5.38. The van der Waals surface area contributed by atoms with Gasteiger partial charge in [-0.2, -0.15) is 0 Å². The average Bonchev–Trinajstić information content (AvgIpc) is 3.41. The molecule has 136 valence electrons. The lowest BCUT2D eigenvalue weighted by Gasteiger charge is -2.21. The molecule has 4 aliphatic rings. The standard InChI is InChI=1S/C12H13N3O2.C5H11NS2/c16-9-7-8(13-1-2-13)12(17)11(15-5-6-15)10(9)14-3-4-14;1-3-6(4-2)5(7)8/h7H,1-6H2;3-4H2,1-2H3,(H,7,8). The van der Waals surface area contributed by atoms with Crippen LogP contribution in [0.5, 0.6) is 0 Å². The van der Waals surface area contributed by atoms with Crippen molar-refractivity contribution in [3.05, 3.63) is 23.2 Å². The van der Waals surface area contributed by atoms with Crippen molar-refractivity contribution in [2.45, 2.75) is 13.8 Å². The summed E-state index contributed by atoms with van der Waals surface area (Å²) in [6.07, 6.45) is 1.52. The van der Waals surface area contributed by atoms with E-state index in [1.165, 1.54) is 6.08 Å². The van der Waals surface area contributed by atoms with Crippen molar-refractivity contribution in [1.82, 2.24) is 19.6 Å². The van der Waals surface area contributed by atoms with Crippen LogP contribution in [0.4, 0.5) is 0 Å². The number of thiol groups is 1. The Labute approximate surface area is 159 Å². The van der Waals surface area contributed by atoms with Gasteiger partial charge < -0.3 is 19.6 Å². The van der Waals surface area contributed by atoms with Gasteiger partial charge in [0, 0.05) is 58.4 Å². The highest BCUT2D eigenvalue weighted by atomic mass is 32.1. The number of thiocarbonyl (C=S) groups is 1. The molecule has 3 aliphatic heterocycles. The van der Waals surface area contributed by atoms with Crippen LogP contribution in [0.3, 0.4) is 0 Å². The zero-order chi connectivity index (χ0) is 18.1. The molecule has 0 aromatic heterocycles. The Morgan fingerprint density at radius 1 is 1.00 bits per heavy atom. The van der Waals surface area contributed by atoms with Crippen LogP contribution >= 0.6 is 24.8 Å². The number of ketones is 2. The van der Waals surface area contributed by atoms with Crippen molar-refractivity contribution in [2.24, 2.45) is 0 Å². The maximum atomic E-state index is 12.4. The van der Waals surface area contributed by atoms with Crippen LogP contribution in [0.1, 0.15) is 13.8 Å². The van der Waals surface area contributed by atoms with Gasteiger partial charge in [-0.15, -0.1) is 12.6 Å². The van der Waals surface area contributed by atoms with Crippen LogP contribution in [0, 0.1) is 0 Å². The topological polar surface area (TPSA) is 46.4 Å². The zero-order valence-electron chi connectivity index (χ0n) is 14.7. The Morgan fingerprint density at radius 3 is 1.84 bits per heavy atom. The summed E-state index contributed by atoms with van der Waals surface area (Å²) in [5.74, 6) is 0.0485. The molecular formula is C17H24N4O2S2. The number of hydrogen-bond donors (Lipinski definition) is 1. The molecule has 0 amide bonds. The Balaban J connectivity index is 0.000000197. The van der Waals surface area contributed by atoms with E-state index in [2.05, 4.69) is 26.5 Å². The fourth-order valence-electron chi connectivity index (χ4n) is 2.77. The molecule has 6 nitrogen and oxygen atoms in total. The van der Waals surface area contributed by atoms with Crippen molar-refractivity contribution in [3.8, 4) is 0 Å². The van der Waals surface area contributed by atoms with Gasteiger partial charge in [0.2, 0.25) is 11.6 Å². The normalized spacial score (nSPS) is 20.9. The molecule has 0 atom stereocenters. The Bertz CT molecular complexity index is 658. The molecule has 0 aromatic carbocycles. The van der Waals surface area contributed by atoms with E-state index in [1.807, 2.05) is 19.6 Å². The molecule has 25 heavy (non-hydrogen) atoms. The first-order valence-electron chi connectivity index (χ1n) is 8.75. The van der Waals surface area contributed by atoms with Gasteiger partial charge in [-0.05, 0) is 13.8 Å². The number of Topliss-reactive ketones (excluding diaryl/α,β-unsaturated/α-hetero) is 1. The highest BCUT2D eigenvalue weighted by Crippen LogP contribution is 2.33. The average molecular weight is 381 g/mol. The summed E-state index contributed by atoms with van der Waals surface area (Å²) in [5.41, 5.74) is 1.89. The minimum atomic E-state index is 0.00546. The second kappa shape index (κ2) is 7.37. The lowest BCUT2D eigenvalue weighted by Crippen LogP contribution is -2.29. The number of nitrogens with zero attached hydrogens (tertiary/aromatic N) is 4. The smallest absolute Gasteiger partial charge is 0.227 e. The second-order valence-electron chi connectivity index (χ2n) is 6.34. The van der Waals surface area contributed by atoms with E-state index >= 15 is 0 Å². The summed E-state index contributed by atoms with van der Waals surface area (Å²) in [6, 6.07) is 0. The van der Waals surface area contributed by atoms with Crippen molar-refractivity contribution < 1.29 is 9.59 Å². The van der Waals surface area contributed by atoms with Crippen molar-refractivity contribution in [2.75, 3.05) is 52.4 Å². The van der Waals surface area contributed by atoms with Gasteiger partial charge in [-0.25, -0.2) is 0 Å². The van der Waals surface area contributed by atoms with Gasteiger partial charge in [0.15, 0.2) is 0 Å². The monoisotopic (exact) mass is 380 g/mol. The fourth-order valence-corrected chi connectivity index (χ4v) is 3.31. The van der Waals surface area contributed by atoms with E-state index in [4.69, 9.17) is 12.2 Å². The summed E-state index contributed by atoms with van der Waals surface area (Å²) in [5, 5.41) is 0. The van der Waals surface area contributed by atoms with Crippen LogP contribution in [-0.4, -0.2) is 87.8 Å². The molecule has 3 fully saturated rings. The van der Waals surface area contributed by atoms with Crippen molar-refractivity contribution in [1.29, 1.82) is 0 Å². The summed E-state index contributed by atoms with van der Waals surface area (Å²) in [4.78, 5) is 32.5. The largest absolute Gasteiger partial charge is 0.365 e. The van der Waals surface area contributed by atoms with Gasteiger partial charge in [0.1, 0.15) is 15.7 Å². The Morgan fingerprint density at radius 2 is 1.48 bits per heavy atom. The number of allylic oxidation sites excluding steroid dienone is 1. The van der Waals surface area contributed by atoms with Crippen molar-refractivity contribution in [3.63, 3.8) is 0 Å². The van der Waals surface area contributed by atoms with Gasteiger partial charge >= 0.3 is 0 Å². The second-order valence-corrected chi connectivity index (χ2v) is 7.45. The predicted octanol–water partition coefficient (Wildman–Crippen LogP) is 0.723. The van der Waals surface area contributed by atoms with Crippen LogP contribution in [-0.2, 0) is 9.59 Å².